The molecule has 0 amide bonds. The summed E-state index contributed by atoms with van der Waals surface area (Å²) in [5, 5.41) is 0. The summed E-state index contributed by atoms with van der Waals surface area (Å²) >= 11 is 0. The van der Waals surface area contributed by atoms with Crippen molar-refractivity contribution < 1.29 is 0 Å². The molecule has 2 nitrogen and oxygen atoms in total. The first kappa shape index (κ1) is 30.0. The standard InChI is InChI=1S/C38H68N2/c1-29-11-9-17-37(27-29)39(33-13-5-3-6-14-33)35-23-19-31(20-24-35)32-21-25-36(26-22-32)40(34-15-7-4-8-16-34)38-18-10-12-30(2)28-38/h29-38H,3-28H2,1-2H3. The molecule has 0 radical (unpaired) electrons. The van der Waals surface area contributed by atoms with Gasteiger partial charge in [-0.15, -0.1) is 0 Å². The van der Waals surface area contributed by atoms with Crippen LogP contribution in [0.5, 0.6) is 0 Å². The molecule has 0 saturated heterocycles. The van der Waals surface area contributed by atoms with E-state index in [1.54, 1.807) is 25.7 Å². The molecule has 4 unspecified atom stereocenters. The lowest BCUT2D eigenvalue weighted by atomic mass is 9.70. The van der Waals surface area contributed by atoms with E-state index in [0.717, 1.165) is 59.9 Å². The van der Waals surface area contributed by atoms with Crippen LogP contribution >= 0.6 is 0 Å². The molecular formula is C38H68N2. The van der Waals surface area contributed by atoms with Crippen LogP contribution in [-0.4, -0.2) is 46.1 Å². The predicted molar refractivity (Wildman–Crippen MR) is 172 cm³/mol. The lowest BCUT2D eigenvalue weighted by molar-refractivity contribution is -0.0106. The Morgan fingerprint density at radius 2 is 0.625 bits per heavy atom. The van der Waals surface area contributed by atoms with Gasteiger partial charge in [0.2, 0.25) is 0 Å². The Balaban J connectivity index is 1.04. The maximum atomic E-state index is 3.20. The van der Waals surface area contributed by atoms with E-state index >= 15 is 0 Å². The highest BCUT2D eigenvalue weighted by Gasteiger charge is 2.41. The van der Waals surface area contributed by atoms with Crippen molar-refractivity contribution in [2.75, 3.05) is 0 Å². The summed E-state index contributed by atoms with van der Waals surface area (Å²) in [5.74, 6) is 4.02. The van der Waals surface area contributed by atoms with Crippen LogP contribution in [0.25, 0.3) is 0 Å². The van der Waals surface area contributed by atoms with E-state index in [-0.39, 0.29) is 0 Å². The smallest absolute Gasteiger partial charge is 0.0104 e. The van der Waals surface area contributed by atoms with E-state index in [9.17, 15) is 0 Å². The van der Waals surface area contributed by atoms with Crippen LogP contribution in [0.2, 0.25) is 0 Å². The highest BCUT2D eigenvalue weighted by molar-refractivity contribution is 4.95. The maximum Gasteiger partial charge on any atom is 0.0104 e. The lowest BCUT2D eigenvalue weighted by Gasteiger charge is -2.51. The molecule has 6 fully saturated rings. The van der Waals surface area contributed by atoms with Gasteiger partial charge in [0.1, 0.15) is 0 Å². The van der Waals surface area contributed by atoms with Crippen molar-refractivity contribution in [2.45, 2.75) is 217 Å². The van der Waals surface area contributed by atoms with Gasteiger partial charge in [-0.1, -0.05) is 78.1 Å². The van der Waals surface area contributed by atoms with Crippen molar-refractivity contribution in [2.24, 2.45) is 23.7 Å². The summed E-state index contributed by atoms with van der Waals surface area (Å²) in [7, 11) is 0. The fraction of sp³-hybridized carbons (Fsp3) is 1.00. The monoisotopic (exact) mass is 553 g/mol. The second-order valence-corrected chi connectivity index (χ2v) is 16.5. The predicted octanol–water partition coefficient (Wildman–Crippen LogP) is 10.5. The maximum absolute atomic E-state index is 3.20. The fourth-order valence-corrected chi connectivity index (χ4v) is 11.6. The van der Waals surface area contributed by atoms with E-state index in [4.69, 9.17) is 0 Å². The minimum absolute atomic E-state index is 0.914. The molecule has 230 valence electrons. The summed E-state index contributed by atoms with van der Waals surface area (Å²) < 4.78 is 0. The van der Waals surface area contributed by atoms with Crippen molar-refractivity contribution in [3.8, 4) is 0 Å². The average Bonchev–Trinajstić information content (AvgIpc) is 3.00. The van der Waals surface area contributed by atoms with Crippen LogP contribution in [0.15, 0.2) is 0 Å². The van der Waals surface area contributed by atoms with E-state index in [2.05, 4.69) is 23.6 Å². The summed E-state index contributed by atoms with van der Waals surface area (Å²) in [6.07, 6.45) is 39.3. The van der Waals surface area contributed by atoms with Gasteiger partial charge in [0.05, 0.1) is 0 Å². The van der Waals surface area contributed by atoms with Crippen LogP contribution in [0.1, 0.15) is 181 Å². The number of nitrogens with zero attached hydrogens (tertiary/aromatic N) is 2. The first-order valence-corrected chi connectivity index (χ1v) is 19.2. The zero-order valence-corrected chi connectivity index (χ0v) is 27.1. The zero-order chi connectivity index (χ0) is 27.3. The molecule has 6 saturated carbocycles. The first-order valence-electron chi connectivity index (χ1n) is 19.2. The van der Waals surface area contributed by atoms with Gasteiger partial charge in [-0.2, -0.15) is 0 Å². The molecule has 2 heteroatoms. The van der Waals surface area contributed by atoms with E-state index in [1.165, 1.54) is 141 Å². The van der Waals surface area contributed by atoms with Crippen molar-refractivity contribution in [3.63, 3.8) is 0 Å². The average molecular weight is 553 g/mol. The molecule has 6 aliphatic rings. The Bertz CT molecular complexity index is 660. The molecule has 0 N–H and O–H groups in total. The normalized spacial score (nSPS) is 41.4. The second-order valence-electron chi connectivity index (χ2n) is 16.5. The Hall–Kier alpha value is -0.0800. The Labute approximate surface area is 250 Å². The molecule has 0 aromatic heterocycles. The lowest BCUT2D eigenvalue weighted by Crippen LogP contribution is -2.53. The largest absolute Gasteiger partial charge is 0.294 e. The minimum Gasteiger partial charge on any atom is -0.294 e. The number of hydrogen-bond donors (Lipinski definition) is 0. The molecule has 0 aromatic rings. The van der Waals surface area contributed by atoms with Gasteiger partial charge < -0.3 is 0 Å². The fourth-order valence-electron chi connectivity index (χ4n) is 11.6. The third-order valence-corrected chi connectivity index (χ3v) is 13.6. The van der Waals surface area contributed by atoms with Gasteiger partial charge in [0, 0.05) is 36.3 Å². The number of rotatable bonds is 7. The van der Waals surface area contributed by atoms with Crippen LogP contribution in [0.3, 0.4) is 0 Å². The van der Waals surface area contributed by atoms with Crippen LogP contribution in [-0.2, 0) is 0 Å². The van der Waals surface area contributed by atoms with Gasteiger partial charge in [-0.25, -0.2) is 0 Å². The van der Waals surface area contributed by atoms with Crippen LogP contribution in [0, 0.1) is 23.7 Å². The van der Waals surface area contributed by atoms with E-state index < -0.39 is 0 Å². The molecule has 0 aliphatic heterocycles. The topological polar surface area (TPSA) is 6.48 Å². The van der Waals surface area contributed by atoms with Gasteiger partial charge >= 0.3 is 0 Å². The molecule has 6 aliphatic carbocycles. The van der Waals surface area contributed by atoms with Crippen molar-refractivity contribution >= 4 is 0 Å². The van der Waals surface area contributed by atoms with Gasteiger partial charge in [0.25, 0.3) is 0 Å². The third kappa shape index (κ3) is 7.34. The molecule has 40 heavy (non-hydrogen) atoms. The zero-order valence-electron chi connectivity index (χ0n) is 27.1. The van der Waals surface area contributed by atoms with E-state index in [0.29, 0.717) is 0 Å². The molecule has 0 aromatic carbocycles. The van der Waals surface area contributed by atoms with Crippen molar-refractivity contribution in [1.29, 1.82) is 0 Å². The second kappa shape index (κ2) is 14.6. The first-order chi connectivity index (χ1) is 19.7. The summed E-state index contributed by atoms with van der Waals surface area (Å²) in [5.41, 5.74) is 0. The highest BCUT2D eigenvalue weighted by Crippen LogP contribution is 2.45. The summed E-state index contributed by atoms with van der Waals surface area (Å²) in [6.45, 7) is 5.09. The quantitative estimate of drug-likeness (QED) is 0.310. The molecule has 0 spiro atoms. The molecular weight excluding hydrogens is 484 g/mol. The van der Waals surface area contributed by atoms with Crippen LogP contribution < -0.4 is 0 Å². The molecule has 6 rings (SSSR count). The van der Waals surface area contributed by atoms with Gasteiger partial charge in [-0.3, -0.25) is 9.80 Å². The summed E-state index contributed by atoms with van der Waals surface area (Å²) in [4.78, 5) is 6.41. The van der Waals surface area contributed by atoms with Crippen molar-refractivity contribution in [1.82, 2.24) is 9.80 Å². The highest BCUT2D eigenvalue weighted by atomic mass is 15.2. The molecule has 0 bridgehead atoms. The van der Waals surface area contributed by atoms with Gasteiger partial charge in [-0.05, 0) is 126 Å². The van der Waals surface area contributed by atoms with Crippen molar-refractivity contribution in [3.05, 3.63) is 0 Å². The Morgan fingerprint density at radius 1 is 0.300 bits per heavy atom. The molecule has 0 heterocycles. The SMILES string of the molecule is CC1CCCC(N(C2CCCCC2)C2CCC(C3CCC(N(C4CCCCC4)C4CCCC(C)C4)CC3)CC2)C1. The minimum atomic E-state index is 0.914. The third-order valence-electron chi connectivity index (χ3n) is 13.6. The molecule has 4 atom stereocenters. The Kier molecular flexibility index (Phi) is 10.9. The number of hydrogen-bond acceptors (Lipinski definition) is 2. The van der Waals surface area contributed by atoms with E-state index in [1.807, 2.05) is 0 Å². The summed E-state index contributed by atoms with van der Waals surface area (Å²) in [6, 6.07) is 5.51. The van der Waals surface area contributed by atoms with Crippen LogP contribution in [0.4, 0.5) is 0 Å². The van der Waals surface area contributed by atoms with Gasteiger partial charge in [0.15, 0.2) is 0 Å². The Morgan fingerprint density at radius 3 is 0.975 bits per heavy atom.